The highest BCUT2D eigenvalue weighted by Crippen LogP contribution is 2.61. The Hall–Kier alpha value is -0.600. The fraction of sp³-hybridized carbons (Fsp3) is 0.778. The lowest BCUT2D eigenvalue weighted by molar-refractivity contribution is -0.0308. The molecule has 0 saturated heterocycles. The van der Waals surface area contributed by atoms with Gasteiger partial charge in [-0.05, 0) is 79.3 Å². The van der Waals surface area contributed by atoms with Gasteiger partial charge in [0.05, 0.1) is 12.2 Å². The number of rotatable bonds is 0. The number of fused-ring (bicyclic) bond motifs is 5. The summed E-state index contributed by atoms with van der Waals surface area (Å²) in [5, 5.41) is 20.2. The van der Waals surface area contributed by atoms with Gasteiger partial charge in [0.15, 0.2) is 0 Å². The number of aliphatic hydroxyl groups is 2. The predicted octanol–water partition coefficient (Wildman–Crippen LogP) is 3.20. The maximum atomic E-state index is 10.4. The molecule has 2 nitrogen and oxygen atoms in total. The maximum absolute atomic E-state index is 10.4. The molecule has 0 radical (unpaired) electrons. The van der Waals surface area contributed by atoms with Gasteiger partial charge in [0, 0.05) is 0 Å². The lowest BCUT2D eigenvalue weighted by atomic mass is 9.54. The maximum Gasteiger partial charge on any atom is 0.0761 e. The normalized spacial score (nSPS) is 50.6. The first-order chi connectivity index (χ1) is 9.59. The summed E-state index contributed by atoms with van der Waals surface area (Å²) in [6.45, 7) is 2.33. The topological polar surface area (TPSA) is 40.5 Å². The van der Waals surface area contributed by atoms with Crippen LogP contribution in [0.4, 0.5) is 0 Å². The van der Waals surface area contributed by atoms with E-state index in [1.165, 1.54) is 31.3 Å². The highest BCUT2D eigenvalue weighted by Gasteiger charge is 2.54. The zero-order valence-electron chi connectivity index (χ0n) is 12.4. The van der Waals surface area contributed by atoms with Crippen molar-refractivity contribution in [2.75, 3.05) is 0 Å². The number of aliphatic hydroxyl groups excluding tert-OH is 2. The molecule has 0 aromatic carbocycles. The molecule has 0 heterocycles. The SMILES string of the molecule is C[C@]12CCC3C4=CCC(O)C=C4CCC3C1CC[C@@H]2O. The van der Waals surface area contributed by atoms with Crippen LogP contribution in [0.1, 0.15) is 51.9 Å². The van der Waals surface area contributed by atoms with Crippen LogP contribution >= 0.6 is 0 Å². The third-order valence-corrected chi connectivity index (χ3v) is 6.88. The molecule has 6 atom stereocenters. The van der Waals surface area contributed by atoms with Crippen molar-refractivity contribution in [2.24, 2.45) is 23.2 Å². The van der Waals surface area contributed by atoms with Gasteiger partial charge < -0.3 is 10.2 Å². The van der Waals surface area contributed by atoms with Crippen LogP contribution < -0.4 is 0 Å². The molecule has 0 aromatic rings. The second-order valence-corrected chi connectivity index (χ2v) is 7.71. The fourth-order valence-corrected chi connectivity index (χ4v) is 5.76. The summed E-state index contributed by atoms with van der Waals surface area (Å²) in [5.74, 6) is 2.18. The van der Waals surface area contributed by atoms with Gasteiger partial charge in [0.2, 0.25) is 0 Å². The van der Waals surface area contributed by atoms with E-state index in [0.717, 1.165) is 25.2 Å². The van der Waals surface area contributed by atoms with Gasteiger partial charge in [0.1, 0.15) is 0 Å². The van der Waals surface area contributed by atoms with E-state index in [-0.39, 0.29) is 17.6 Å². The van der Waals surface area contributed by atoms with Crippen molar-refractivity contribution in [3.05, 3.63) is 23.3 Å². The lowest BCUT2D eigenvalue weighted by Crippen LogP contribution is -2.45. The molecule has 4 unspecified atom stereocenters. The van der Waals surface area contributed by atoms with E-state index in [1.807, 2.05) is 0 Å². The van der Waals surface area contributed by atoms with Crippen molar-refractivity contribution < 1.29 is 10.2 Å². The number of allylic oxidation sites excluding steroid dienone is 2. The van der Waals surface area contributed by atoms with Gasteiger partial charge in [-0.25, -0.2) is 0 Å². The van der Waals surface area contributed by atoms with Crippen LogP contribution in [0, 0.1) is 23.2 Å². The predicted molar refractivity (Wildman–Crippen MR) is 79.1 cm³/mol. The zero-order chi connectivity index (χ0) is 13.9. The zero-order valence-corrected chi connectivity index (χ0v) is 12.4. The third-order valence-electron chi connectivity index (χ3n) is 6.88. The quantitative estimate of drug-likeness (QED) is 0.712. The molecule has 2 heteroatoms. The van der Waals surface area contributed by atoms with Gasteiger partial charge in [-0.1, -0.05) is 19.1 Å². The van der Waals surface area contributed by atoms with Crippen LogP contribution in [-0.2, 0) is 0 Å². The first kappa shape index (κ1) is 13.1. The van der Waals surface area contributed by atoms with E-state index < -0.39 is 0 Å². The Morgan fingerprint density at radius 2 is 2.00 bits per heavy atom. The minimum atomic E-state index is -0.257. The smallest absolute Gasteiger partial charge is 0.0761 e. The van der Waals surface area contributed by atoms with E-state index in [9.17, 15) is 10.2 Å². The van der Waals surface area contributed by atoms with Gasteiger partial charge in [-0.3, -0.25) is 0 Å². The lowest BCUT2D eigenvalue weighted by Gasteiger charge is -2.51. The summed E-state index contributed by atoms with van der Waals surface area (Å²) in [4.78, 5) is 0. The average Bonchev–Trinajstić information content (AvgIpc) is 2.74. The van der Waals surface area contributed by atoms with Gasteiger partial charge in [-0.2, -0.15) is 0 Å². The summed E-state index contributed by atoms with van der Waals surface area (Å²) in [6, 6.07) is 0. The van der Waals surface area contributed by atoms with Gasteiger partial charge in [-0.15, -0.1) is 0 Å². The van der Waals surface area contributed by atoms with Crippen molar-refractivity contribution >= 4 is 0 Å². The Kier molecular flexibility index (Phi) is 2.91. The van der Waals surface area contributed by atoms with Crippen LogP contribution in [0.5, 0.6) is 0 Å². The Bertz CT molecular complexity index is 478. The summed E-state index contributed by atoms with van der Waals surface area (Å²) in [7, 11) is 0. The highest BCUT2D eigenvalue weighted by molar-refractivity contribution is 5.40. The Balaban J connectivity index is 1.65. The second kappa shape index (κ2) is 4.45. The molecule has 0 aliphatic heterocycles. The van der Waals surface area contributed by atoms with Gasteiger partial charge in [0.25, 0.3) is 0 Å². The molecule has 3 fully saturated rings. The van der Waals surface area contributed by atoms with E-state index in [0.29, 0.717) is 11.8 Å². The molecule has 110 valence electrons. The Morgan fingerprint density at radius 1 is 1.15 bits per heavy atom. The summed E-state index contributed by atoms with van der Waals surface area (Å²) in [5.41, 5.74) is 3.15. The Morgan fingerprint density at radius 3 is 2.85 bits per heavy atom. The van der Waals surface area contributed by atoms with E-state index in [2.05, 4.69) is 19.1 Å². The van der Waals surface area contributed by atoms with Crippen molar-refractivity contribution in [1.29, 1.82) is 0 Å². The molecular formula is C18H26O2. The molecule has 0 aromatic heterocycles. The van der Waals surface area contributed by atoms with Crippen LogP contribution in [0.15, 0.2) is 23.3 Å². The molecule has 0 bridgehead atoms. The molecule has 4 aliphatic rings. The van der Waals surface area contributed by atoms with Crippen LogP contribution in [0.3, 0.4) is 0 Å². The molecule has 0 amide bonds. The third kappa shape index (κ3) is 1.70. The molecule has 3 saturated carbocycles. The van der Waals surface area contributed by atoms with Crippen molar-refractivity contribution in [1.82, 2.24) is 0 Å². The fourth-order valence-electron chi connectivity index (χ4n) is 5.76. The monoisotopic (exact) mass is 274 g/mol. The average molecular weight is 274 g/mol. The highest BCUT2D eigenvalue weighted by atomic mass is 16.3. The van der Waals surface area contributed by atoms with Crippen molar-refractivity contribution in [2.45, 2.75) is 64.1 Å². The molecule has 20 heavy (non-hydrogen) atoms. The summed E-state index contributed by atoms with van der Waals surface area (Å²) >= 11 is 0. The van der Waals surface area contributed by atoms with E-state index in [4.69, 9.17) is 0 Å². The molecule has 0 spiro atoms. The summed E-state index contributed by atoms with van der Waals surface area (Å²) in [6.07, 6.45) is 11.9. The molecule has 4 aliphatic carbocycles. The minimum Gasteiger partial charge on any atom is -0.393 e. The Labute approximate surface area is 121 Å². The number of hydrogen-bond acceptors (Lipinski definition) is 2. The largest absolute Gasteiger partial charge is 0.393 e. The van der Waals surface area contributed by atoms with Crippen molar-refractivity contribution in [3.8, 4) is 0 Å². The van der Waals surface area contributed by atoms with Crippen LogP contribution in [0.2, 0.25) is 0 Å². The first-order valence-corrected chi connectivity index (χ1v) is 8.37. The summed E-state index contributed by atoms with van der Waals surface area (Å²) < 4.78 is 0. The molecular weight excluding hydrogens is 248 g/mol. The standard InChI is InChI=1S/C18H26O2/c1-18-9-8-14-13-5-3-12(19)10-11(13)2-4-15(14)16(18)6-7-17(18)20/h5,10,12,14-17,19-20H,2-4,6-9H2,1H3/t12?,14?,15?,16?,17-,18-/m0/s1. The van der Waals surface area contributed by atoms with E-state index >= 15 is 0 Å². The second-order valence-electron chi connectivity index (χ2n) is 7.71. The van der Waals surface area contributed by atoms with Crippen LogP contribution in [0.25, 0.3) is 0 Å². The van der Waals surface area contributed by atoms with E-state index in [1.54, 1.807) is 5.57 Å². The molecule has 2 N–H and O–H groups in total. The van der Waals surface area contributed by atoms with Crippen molar-refractivity contribution in [3.63, 3.8) is 0 Å². The minimum absolute atomic E-state index is 0.0763. The van der Waals surface area contributed by atoms with Crippen LogP contribution in [-0.4, -0.2) is 22.4 Å². The first-order valence-electron chi connectivity index (χ1n) is 8.37. The molecule has 4 rings (SSSR count). The van der Waals surface area contributed by atoms with Gasteiger partial charge >= 0.3 is 0 Å². The number of hydrogen-bond donors (Lipinski definition) is 2.